The van der Waals surface area contributed by atoms with Gasteiger partial charge in [0.25, 0.3) is 0 Å². The van der Waals surface area contributed by atoms with Gasteiger partial charge in [0.15, 0.2) is 0 Å². The standard InChI is InChI=1S/C22H22ClNO3/c1-14-16-12-19(23)20(25)18(13-24-9-5-6-10-24)21(16)27-22(26)17(14)11-15-7-3-2-4-8-15/h2-4,7-8,12,25H,5-6,9-11,13H2,1H3. The Morgan fingerprint density at radius 1 is 1.15 bits per heavy atom. The topological polar surface area (TPSA) is 57.7 Å². The molecular weight excluding hydrogens is 362 g/mol. The average Bonchev–Trinajstić information content (AvgIpc) is 3.18. The van der Waals surface area contributed by atoms with E-state index in [1.807, 2.05) is 37.3 Å². The lowest BCUT2D eigenvalue weighted by molar-refractivity contribution is -0.901. The van der Waals surface area contributed by atoms with Crippen molar-refractivity contribution in [1.29, 1.82) is 0 Å². The molecule has 0 aliphatic carbocycles. The number of hydrogen-bond acceptors (Lipinski definition) is 3. The molecule has 0 atom stereocenters. The summed E-state index contributed by atoms with van der Waals surface area (Å²) in [6, 6.07) is 11.5. The third kappa shape index (κ3) is 3.47. The quantitative estimate of drug-likeness (QED) is 0.704. The summed E-state index contributed by atoms with van der Waals surface area (Å²) in [6.07, 6.45) is 2.81. The van der Waals surface area contributed by atoms with Crippen LogP contribution in [0.25, 0.3) is 11.0 Å². The fraction of sp³-hybridized carbons (Fsp3) is 0.318. The van der Waals surface area contributed by atoms with Crippen molar-refractivity contribution in [1.82, 2.24) is 0 Å². The Labute approximate surface area is 163 Å². The monoisotopic (exact) mass is 383 g/mol. The van der Waals surface area contributed by atoms with Gasteiger partial charge in [-0.2, -0.15) is 0 Å². The molecule has 1 aromatic heterocycles. The fourth-order valence-electron chi connectivity index (χ4n) is 4.00. The van der Waals surface area contributed by atoms with Gasteiger partial charge in [-0.05, 0) is 24.1 Å². The van der Waals surface area contributed by atoms with E-state index in [4.69, 9.17) is 16.0 Å². The summed E-state index contributed by atoms with van der Waals surface area (Å²) in [7, 11) is 0. The van der Waals surface area contributed by atoms with Crippen LogP contribution < -0.4 is 15.6 Å². The van der Waals surface area contributed by atoms with E-state index < -0.39 is 0 Å². The van der Waals surface area contributed by atoms with E-state index in [9.17, 15) is 9.90 Å². The van der Waals surface area contributed by atoms with E-state index in [2.05, 4.69) is 0 Å². The van der Waals surface area contributed by atoms with Gasteiger partial charge in [0, 0.05) is 40.8 Å². The van der Waals surface area contributed by atoms with Gasteiger partial charge in [-0.1, -0.05) is 47.7 Å². The van der Waals surface area contributed by atoms with Crippen LogP contribution in [0.4, 0.5) is 0 Å². The van der Waals surface area contributed by atoms with Crippen molar-refractivity contribution in [2.75, 3.05) is 13.1 Å². The van der Waals surface area contributed by atoms with Gasteiger partial charge in [0.1, 0.15) is 12.1 Å². The minimum atomic E-state index is -0.372. The molecule has 4 rings (SSSR count). The van der Waals surface area contributed by atoms with Crippen molar-refractivity contribution < 1.29 is 14.4 Å². The molecule has 5 heteroatoms. The summed E-state index contributed by atoms with van der Waals surface area (Å²) in [5, 5.41) is 13.6. The first-order chi connectivity index (χ1) is 13.0. The maximum absolute atomic E-state index is 12.7. The molecule has 1 N–H and O–H groups in total. The minimum absolute atomic E-state index is 0.193. The van der Waals surface area contributed by atoms with Crippen molar-refractivity contribution in [2.45, 2.75) is 32.7 Å². The van der Waals surface area contributed by atoms with Crippen LogP contribution in [0.15, 0.2) is 45.6 Å². The molecule has 0 bridgehead atoms. The van der Waals surface area contributed by atoms with Crippen LogP contribution in [0, 0.1) is 6.92 Å². The number of fused-ring (bicyclic) bond motifs is 1. The molecule has 1 aliphatic heterocycles. The maximum Gasteiger partial charge on any atom is 0.340 e. The number of aryl methyl sites for hydroxylation is 1. The third-order valence-electron chi connectivity index (χ3n) is 5.54. The molecule has 0 saturated carbocycles. The summed E-state index contributed by atoms with van der Waals surface area (Å²) < 4.78 is 5.70. The summed E-state index contributed by atoms with van der Waals surface area (Å²) >= 11 is 6.26. The van der Waals surface area contributed by atoms with Crippen LogP contribution >= 0.6 is 11.6 Å². The first kappa shape index (κ1) is 18.1. The molecule has 0 amide bonds. The molecule has 0 radical (unpaired) electrons. The van der Waals surface area contributed by atoms with E-state index in [0.29, 0.717) is 29.7 Å². The number of nitrogens with one attached hydrogen (secondary N) is 1. The maximum atomic E-state index is 12.7. The second-order valence-electron chi connectivity index (χ2n) is 7.33. The van der Waals surface area contributed by atoms with Crippen LogP contribution in [0.2, 0.25) is 5.02 Å². The first-order valence-corrected chi connectivity index (χ1v) is 9.74. The van der Waals surface area contributed by atoms with Crippen LogP contribution in [-0.4, -0.2) is 13.1 Å². The zero-order valence-electron chi connectivity index (χ0n) is 15.3. The van der Waals surface area contributed by atoms with Gasteiger partial charge < -0.3 is 14.4 Å². The summed E-state index contributed by atoms with van der Waals surface area (Å²) in [5.41, 5.74) is 3.06. The smallest absolute Gasteiger partial charge is 0.340 e. The highest BCUT2D eigenvalue weighted by Crippen LogP contribution is 2.34. The van der Waals surface area contributed by atoms with Crippen LogP contribution in [-0.2, 0) is 13.0 Å². The number of hydrogen-bond donors (Lipinski definition) is 1. The Bertz CT molecular complexity index is 1040. The number of rotatable bonds is 4. The highest BCUT2D eigenvalue weighted by Gasteiger charge is 2.21. The Kier molecular flexibility index (Phi) is 4.94. The highest BCUT2D eigenvalue weighted by molar-refractivity contribution is 6.33. The van der Waals surface area contributed by atoms with Crippen LogP contribution in [0.1, 0.15) is 35.1 Å². The molecule has 3 aromatic rings. The van der Waals surface area contributed by atoms with Crippen LogP contribution in [0.3, 0.4) is 0 Å². The fourth-order valence-corrected chi connectivity index (χ4v) is 4.22. The second-order valence-corrected chi connectivity index (χ2v) is 7.74. The van der Waals surface area contributed by atoms with Crippen LogP contribution in [0.5, 0.6) is 5.75 Å². The summed E-state index contributed by atoms with van der Waals surface area (Å²) in [4.78, 5) is 14.1. The largest absolute Gasteiger partial charge is 0.871 e. The third-order valence-corrected chi connectivity index (χ3v) is 5.82. The second kappa shape index (κ2) is 7.37. The van der Waals surface area contributed by atoms with Crippen molar-refractivity contribution >= 4 is 22.6 Å². The Morgan fingerprint density at radius 2 is 1.85 bits per heavy atom. The van der Waals surface area contributed by atoms with Crippen molar-refractivity contribution in [3.05, 3.63) is 74.1 Å². The highest BCUT2D eigenvalue weighted by atomic mass is 35.5. The lowest BCUT2D eigenvalue weighted by Gasteiger charge is -2.21. The molecule has 2 aromatic carbocycles. The lowest BCUT2D eigenvalue weighted by Crippen LogP contribution is -3.08. The van der Waals surface area contributed by atoms with Gasteiger partial charge in [-0.25, -0.2) is 4.79 Å². The number of quaternary nitrogens is 1. The molecule has 1 fully saturated rings. The molecule has 140 valence electrons. The zero-order chi connectivity index (χ0) is 19.0. The van der Waals surface area contributed by atoms with E-state index >= 15 is 0 Å². The average molecular weight is 384 g/mol. The van der Waals surface area contributed by atoms with E-state index in [-0.39, 0.29) is 16.4 Å². The Morgan fingerprint density at radius 3 is 2.56 bits per heavy atom. The van der Waals surface area contributed by atoms with Crippen molar-refractivity contribution in [3.63, 3.8) is 0 Å². The van der Waals surface area contributed by atoms with Crippen molar-refractivity contribution in [3.8, 4) is 5.75 Å². The van der Waals surface area contributed by atoms with E-state index in [1.165, 1.54) is 4.90 Å². The predicted octanol–water partition coefficient (Wildman–Crippen LogP) is 2.60. The van der Waals surface area contributed by atoms with Gasteiger partial charge in [-0.3, -0.25) is 0 Å². The number of benzene rings is 2. The van der Waals surface area contributed by atoms with Gasteiger partial charge in [0.05, 0.1) is 13.1 Å². The van der Waals surface area contributed by atoms with E-state index in [0.717, 1.165) is 42.4 Å². The molecule has 0 spiro atoms. The number of halogens is 1. The molecule has 1 saturated heterocycles. The molecule has 2 heterocycles. The van der Waals surface area contributed by atoms with Gasteiger partial charge >= 0.3 is 5.63 Å². The van der Waals surface area contributed by atoms with Gasteiger partial charge in [-0.15, -0.1) is 0 Å². The molecule has 1 aliphatic rings. The lowest BCUT2D eigenvalue weighted by atomic mass is 9.98. The first-order valence-electron chi connectivity index (χ1n) is 9.36. The number of likely N-dealkylation sites (tertiary alicyclic amines) is 1. The van der Waals surface area contributed by atoms with Crippen molar-refractivity contribution in [2.24, 2.45) is 0 Å². The van der Waals surface area contributed by atoms with E-state index in [1.54, 1.807) is 6.07 Å². The zero-order valence-corrected chi connectivity index (χ0v) is 16.1. The summed E-state index contributed by atoms with van der Waals surface area (Å²) in [5.74, 6) is -0.220. The van der Waals surface area contributed by atoms with Gasteiger partial charge in [0.2, 0.25) is 0 Å². The molecular formula is C22H22ClNO3. The normalized spacial score (nSPS) is 14.9. The minimum Gasteiger partial charge on any atom is -0.871 e. The molecule has 4 nitrogen and oxygen atoms in total. The Hall–Kier alpha value is -2.30. The Balaban J connectivity index is 1.85. The predicted molar refractivity (Wildman–Crippen MR) is 105 cm³/mol. The summed E-state index contributed by atoms with van der Waals surface area (Å²) in [6.45, 7) is 4.52. The molecule has 27 heavy (non-hydrogen) atoms. The SMILES string of the molecule is Cc1c(Cc2ccccc2)c(=O)oc2c(C[NH+]3CCCC3)c([O-])c(Cl)cc12. The molecule has 0 unspecified atom stereocenters.